The lowest BCUT2D eigenvalue weighted by Crippen LogP contribution is -2.24. The van der Waals surface area contributed by atoms with Crippen molar-refractivity contribution in [3.63, 3.8) is 0 Å². The molecule has 2 aromatic carbocycles. The molecule has 27 heavy (non-hydrogen) atoms. The average molecular weight is 369 g/mol. The van der Waals surface area contributed by atoms with Gasteiger partial charge in [0.2, 0.25) is 6.29 Å². The van der Waals surface area contributed by atoms with Crippen molar-refractivity contribution in [2.45, 2.75) is 71.2 Å². The van der Waals surface area contributed by atoms with Crippen molar-refractivity contribution >= 4 is 5.97 Å². The van der Waals surface area contributed by atoms with E-state index >= 15 is 0 Å². The Balaban J connectivity index is 1.80. The molecule has 3 nitrogen and oxygen atoms in total. The highest BCUT2D eigenvalue weighted by Crippen LogP contribution is 2.13. The summed E-state index contributed by atoms with van der Waals surface area (Å²) in [7, 11) is 0. The topological polar surface area (TPSA) is 35.5 Å². The molecule has 146 valence electrons. The van der Waals surface area contributed by atoms with Crippen LogP contribution in [0.3, 0.4) is 0 Å². The molecule has 2 aromatic rings. The molecule has 0 aliphatic heterocycles. The first-order chi connectivity index (χ1) is 13.3. The highest BCUT2D eigenvalue weighted by Gasteiger charge is 2.16. The molecule has 0 radical (unpaired) electrons. The van der Waals surface area contributed by atoms with Crippen molar-refractivity contribution in [2.75, 3.05) is 0 Å². The van der Waals surface area contributed by atoms with E-state index in [-0.39, 0.29) is 5.97 Å². The molecule has 0 spiro atoms. The van der Waals surface area contributed by atoms with Gasteiger partial charge in [-0.1, -0.05) is 99.7 Å². The number of hydrogen-bond acceptors (Lipinski definition) is 3. The number of benzene rings is 2. The van der Waals surface area contributed by atoms with Gasteiger partial charge < -0.3 is 9.47 Å². The lowest BCUT2D eigenvalue weighted by Gasteiger charge is -2.19. The number of carbonyl (C=O) groups is 1. The maximum absolute atomic E-state index is 12.2. The molecule has 3 heteroatoms. The number of hydrogen-bond donors (Lipinski definition) is 0. The third-order valence-electron chi connectivity index (χ3n) is 4.52. The summed E-state index contributed by atoms with van der Waals surface area (Å²) in [5.74, 6) is -0.167. The van der Waals surface area contributed by atoms with Gasteiger partial charge in [0, 0.05) is 12.8 Å². The minimum absolute atomic E-state index is 0.167. The van der Waals surface area contributed by atoms with Crippen LogP contribution >= 0.6 is 0 Å². The third kappa shape index (κ3) is 9.39. The smallest absolute Gasteiger partial charge is 0.308 e. The van der Waals surface area contributed by atoms with E-state index in [9.17, 15) is 4.79 Å². The van der Waals surface area contributed by atoms with Crippen LogP contribution in [0.2, 0.25) is 0 Å². The van der Waals surface area contributed by atoms with Gasteiger partial charge in [-0.15, -0.1) is 0 Å². The maximum Gasteiger partial charge on any atom is 0.308 e. The number of ether oxygens (including phenoxy) is 2. The Kier molecular flexibility index (Phi) is 10.3. The summed E-state index contributed by atoms with van der Waals surface area (Å²) in [6.45, 7) is 2.64. The Bertz CT molecular complexity index is 625. The zero-order valence-corrected chi connectivity index (χ0v) is 16.4. The van der Waals surface area contributed by atoms with E-state index in [0.29, 0.717) is 19.4 Å². The molecule has 0 heterocycles. The SMILES string of the molecule is CCCCCCCCC(=O)OC(Cc1ccccc1)OCc1ccccc1. The first-order valence-electron chi connectivity index (χ1n) is 10.2. The predicted octanol–water partition coefficient (Wildman–Crippen LogP) is 6.07. The second-order valence-corrected chi connectivity index (χ2v) is 6.92. The van der Waals surface area contributed by atoms with Crippen molar-refractivity contribution in [1.29, 1.82) is 0 Å². The maximum atomic E-state index is 12.2. The summed E-state index contributed by atoms with van der Waals surface area (Å²) in [6, 6.07) is 20.0. The Morgan fingerprint density at radius 3 is 2.07 bits per heavy atom. The lowest BCUT2D eigenvalue weighted by atomic mass is 10.1. The molecule has 0 fully saturated rings. The third-order valence-corrected chi connectivity index (χ3v) is 4.52. The van der Waals surface area contributed by atoms with Crippen LogP contribution in [0, 0.1) is 0 Å². The van der Waals surface area contributed by atoms with Crippen molar-refractivity contribution in [2.24, 2.45) is 0 Å². The number of esters is 1. The van der Waals surface area contributed by atoms with Gasteiger partial charge in [-0.05, 0) is 17.5 Å². The normalized spacial score (nSPS) is 11.9. The van der Waals surface area contributed by atoms with Gasteiger partial charge in [0.05, 0.1) is 6.61 Å². The molecule has 0 aromatic heterocycles. The molecule has 0 bridgehead atoms. The van der Waals surface area contributed by atoms with Gasteiger partial charge in [-0.3, -0.25) is 4.79 Å². The first kappa shape index (κ1) is 21.2. The fraction of sp³-hybridized carbons (Fsp3) is 0.458. The largest absolute Gasteiger partial charge is 0.435 e. The van der Waals surface area contributed by atoms with Crippen LogP contribution in [0.25, 0.3) is 0 Å². The molecule has 1 atom stereocenters. The van der Waals surface area contributed by atoms with E-state index in [1.807, 2.05) is 60.7 Å². The van der Waals surface area contributed by atoms with Crippen LogP contribution < -0.4 is 0 Å². The quantitative estimate of drug-likeness (QED) is 0.245. The molecule has 0 saturated heterocycles. The fourth-order valence-electron chi connectivity index (χ4n) is 2.96. The molecule has 2 rings (SSSR count). The monoisotopic (exact) mass is 368 g/mol. The fourth-order valence-corrected chi connectivity index (χ4v) is 2.96. The van der Waals surface area contributed by atoms with Gasteiger partial charge in [-0.25, -0.2) is 0 Å². The van der Waals surface area contributed by atoms with Gasteiger partial charge in [0.1, 0.15) is 0 Å². The Hall–Kier alpha value is -2.13. The van der Waals surface area contributed by atoms with Crippen molar-refractivity contribution in [3.05, 3.63) is 71.8 Å². The van der Waals surface area contributed by atoms with E-state index in [1.54, 1.807) is 0 Å². The summed E-state index contributed by atoms with van der Waals surface area (Å²) in [4.78, 5) is 12.2. The minimum Gasteiger partial charge on any atom is -0.435 e. The van der Waals surface area contributed by atoms with E-state index in [4.69, 9.17) is 9.47 Å². The number of rotatable bonds is 13. The standard InChI is InChI=1S/C24H32O3/c1-2-3-4-5-6-13-18-23(25)27-24(19-21-14-9-7-10-15-21)26-20-22-16-11-8-12-17-22/h7-12,14-17,24H,2-6,13,18-20H2,1H3. The van der Waals surface area contributed by atoms with Crippen LogP contribution in [0.1, 0.15) is 63.0 Å². The molecule has 0 aliphatic rings. The highest BCUT2D eigenvalue weighted by atomic mass is 16.7. The molecule has 1 unspecified atom stereocenters. The molecular weight excluding hydrogens is 336 g/mol. The van der Waals surface area contributed by atoms with Crippen LogP contribution in [-0.2, 0) is 27.3 Å². The molecule has 0 aliphatic carbocycles. The van der Waals surface area contributed by atoms with Crippen molar-refractivity contribution < 1.29 is 14.3 Å². The van der Waals surface area contributed by atoms with E-state index in [1.165, 1.54) is 25.7 Å². The van der Waals surface area contributed by atoms with Crippen LogP contribution in [0.5, 0.6) is 0 Å². The second-order valence-electron chi connectivity index (χ2n) is 6.92. The van der Waals surface area contributed by atoms with Gasteiger partial charge >= 0.3 is 5.97 Å². The highest BCUT2D eigenvalue weighted by molar-refractivity contribution is 5.69. The Labute approximate surface area is 163 Å². The number of carbonyl (C=O) groups excluding carboxylic acids is 1. The van der Waals surface area contributed by atoms with Crippen LogP contribution in [0.4, 0.5) is 0 Å². The summed E-state index contributed by atoms with van der Waals surface area (Å²) >= 11 is 0. The van der Waals surface area contributed by atoms with Gasteiger partial charge in [0.25, 0.3) is 0 Å². The number of unbranched alkanes of at least 4 members (excludes halogenated alkanes) is 5. The Morgan fingerprint density at radius 1 is 0.815 bits per heavy atom. The van der Waals surface area contributed by atoms with Crippen molar-refractivity contribution in [1.82, 2.24) is 0 Å². The van der Waals surface area contributed by atoms with Gasteiger partial charge in [-0.2, -0.15) is 0 Å². The predicted molar refractivity (Wildman–Crippen MR) is 109 cm³/mol. The second kappa shape index (κ2) is 13.1. The zero-order valence-electron chi connectivity index (χ0n) is 16.4. The summed E-state index contributed by atoms with van der Waals surface area (Å²) in [5.41, 5.74) is 2.17. The molecule has 0 saturated carbocycles. The van der Waals surface area contributed by atoms with Crippen LogP contribution in [0.15, 0.2) is 60.7 Å². The average Bonchev–Trinajstić information content (AvgIpc) is 2.70. The van der Waals surface area contributed by atoms with E-state index < -0.39 is 6.29 Å². The summed E-state index contributed by atoms with van der Waals surface area (Å²) in [6.07, 6.45) is 7.41. The zero-order chi connectivity index (χ0) is 19.2. The molecular formula is C24H32O3. The van der Waals surface area contributed by atoms with Crippen molar-refractivity contribution in [3.8, 4) is 0 Å². The lowest BCUT2D eigenvalue weighted by molar-refractivity contribution is -0.181. The van der Waals surface area contributed by atoms with E-state index in [0.717, 1.165) is 24.0 Å². The van der Waals surface area contributed by atoms with E-state index in [2.05, 4.69) is 6.92 Å². The molecule has 0 amide bonds. The molecule has 0 N–H and O–H groups in total. The van der Waals surface area contributed by atoms with Gasteiger partial charge in [0.15, 0.2) is 0 Å². The summed E-state index contributed by atoms with van der Waals surface area (Å²) < 4.78 is 11.6. The van der Waals surface area contributed by atoms with Crippen LogP contribution in [-0.4, -0.2) is 12.3 Å². The summed E-state index contributed by atoms with van der Waals surface area (Å²) in [5, 5.41) is 0. The first-order valence-corrected chi connectivity index (χ1v) is 10.2. The minimum atomic E-state index is -0.555. The Morgan fingerprint density at radius 2 is 1.41 bits per heavy atom.